The molecule has 2 aliphatic rings. The number of carbonyl (C=O) groups excluding carboxylic acids is 3. The molecule has 2 fully saturated rings. The number of nitrogens with zero attached hydrogens (tertiary/aromatic N) is 2. The molecule has 2 aromatic rings. The van der Waals surface area contributed by atoms with Crippen molar-refractivity contribution in [2.75, 3.05) is 12.3 Å². The highest BCUT2D eigenvalue weighted by molar-refractivity contribution is 8.14. The maximum Gasteiger partial charge on any atom is 0.289 e. The van der Waals surface area contributed by atoms with Crippen LogP contribution in [0, 0.1) is 0 Å². The average molecular weight is 386 g/mol. The zero-order valence-corrected chi connectivity index (χ0v) is 15.7. The maximum atomic E-state index is 13.0. The molecule has 2 aliphatic heterocycles. The molecule has 0 N–H and O–H groups in total. The van der Waals surface area contributed by atoms with Crippen LogP contribution in [0.1, 0.15) is 40.4 Å². The second-order valence-electron chi connectivity index (χ2n) is 6.45. The van der Waals surface area contributed by atoms with E-state index in [1.807, 2.05) is 22.4 Å². The van der Waals surface area contributed by atoms with Gasteiger partial charge in [0, 0.05) is 12.1 Å². The molecule has 0 saturated carbocycles. The third-order valence-corrected chi connectivity index (χ3v) is 6.36. The molecule has 0 radical (unpaired) electrons. The molecule has 134 valence electrons. The Morgan fingerprint density at radius 3 is 2.85 bits per heavy atom. The predicted molar refractivity (Wildman–Crippen MR) is 102 cm³/mol. The van der Waals surface area contributed by atoms with Crippen LogP contribution >= 0.6 is 23.1 Å². The van der Waals surface area contributed by atoms with Crippen molar-refractivity contribution in [1.82, 2.24) is 9.80 Å². The standard InChI is InChI=1S/C19H18N2O3S2/c22-17-12-26-19(24)21(17)10-13-3-1-4-14(9-13)18(23)20-7-2-5-16(20)15-6-8-25-11-15/h1,3-4,6,8-9,11,16H,2,5,7,10,12H2/t16-/m1/s1. The van der Waals surface area contributed by atoms with Crippen LogP contribution in [0.25, 0.3) is 0 Å². The van der Waals surface area contributed by atoms with E-state index in [-0.39, 0.29) is 35.4 Å². The minimum absolute atomic E-state index is 0.00833. The molecular weight excluding hydrogens is 368 g/mol. The molecule has 3 heterocycles. The van der Waals surface area contributed by atoms with Crippen LogP contribution < -0.4 is 0 Å². The van der Waals surface area contributed by atoms with Gasteiger partial charge in [-0.3, -0.25) is 19.3 Å². The molecule has 0 bridgehead atoms. The Kier molecular flexibility index (Phi) is 4.82. The van der Waals surface area contributed by atoms with Gasteiger partial charge in [0.25, 0.3) is 11.1 Å². The monoisotopic (exact) mass is 386 g/mol. The van der Waals surface area contributed by atoms with Crippen molar-refractivity contribution in [2.24, 2.45) is 0 Å². The smallest absolute Gasteiger partial charge is 0.289 e. The van der Waals surface area contributed by atoms with Crippen molar-refractivity contribution >= 4 is 40.2 Å². The summed E-state index contributed by atoms with van der Waals surface area (Å²) in [6.45, 7) is 0.975. The van der Waals surface area contributed by atoms with Gasteiger partial charge in [-0.05, 0) is 52.9 Å². The van der Waals surface area contributed by atoms with Gasteiger partial charge < -0.3 is 4.90 Å². The van der Waals surface area contributed by atoms with Crippen LogP contribution in [-0.2, 0) is 11.3 Å². The minimum Gasteiger partial charge on any atom is -0.332 e. The second-order valence-corrected chi connectivity index (χ2v) is 8.15. The predicted octanol–water partition coefficient (Wildman–Crippen LogP) is 3.92. The molecule has 1 aromatic heterocycles. The van der Waals surface area contributed by atoms with E-state index < -0.39 is 0 Å². The first-order valence-corrected chi connectivity index (χ1v) is 10.5. The molecular formula is C19H18N2O3S2. The number of likely N-dealkylation sites (tertiary alicyclic amines) is 1. The Hall–Kier alpha value is -2.12. The Bertz CT molecular complexity index is 834. The lowest BCUT2D eigenvalue weighted by atomic mass is 10.1. The number of imide groups is 1. The van der Waals surface area contributed by atoms with E-state index in [0.29, 0.717) is 5.56 Å². The summed E-state index contributed by atoms with van der Waals surface area (Å²) in [6.07, 6.45) is 1.98. The van der Waals surface area contributed by atoms with E-state index in [9.17, 15) is 14.4 Å². The fourth-order valence-electron chi connectivity index (χ4n) is 3.51. The van der Waals surface area contributed by atoms with E-state index in [1.54, 1.807) is 23.5 Å². The SMILES string of the molecule is O=C1CSC(=O)N1Cc1cccc(C(=O)N2CCC[C@@H]2c2ccsc2)c1. The topological polar surface area (TPSA) is 57.7 Å². The number of benzene rings is 1. The maximum absolute atomic E-state index is 13.0. The highest BCUT2D eigenvalue weighted by Gasteiger charge is 2.32. The fourth-order valence-corrected chi connectivity index (χ4v) is 4.94. The zero-order chi connectivity index (χ0) is 18.1. The van der Waals surface area contributed by atoms with Gasteiger partial charge in [0.05, 0.1) is 18.3 Å². The van der Waals surface area contributed by atoms with E-state index in [1.165, 1.54) is 10.5 Å². The summed E-state index contributed by atoms with van der Waals surface area (Å²) in [5, 5.41) is 3.93. The molecule has 1 aromatic carbocycles. The Balaban J connectivity index is 1.53. The third kappa shape index (κ3) is 3.29. The van der Waals surface area contributed by atoms with Crippen molar-refractivity contribution in [1.29, 1.82) is 0 Å². The van der Waals surface area contributed by atoms with Gasteiger partial charge in [-0.25, -0.2) is 0 Å². The van der Waals surface area contributed by atoms with Crippen molar-refractivity contribution in [3.8, 4) is 0 Å². The van der Waals surface area contributed by atoms with Crippen molar-refractivity contribution in [3.05, 3.63) is 57.8 Å². The number of hydrogen-bond acceptors (Lipinski definition) is 5. The lowest BCUT2D eigenvalue weighted by molar-refractivity contribution is -0.125. The first-order chi connectivity index (χ1) is 12.6. The molecule has 26 heavy (non-hydrogen) atoms. The first-order valence-electron chi connectivity index (χ1n) is 8.52. The van der Waals surface area contributed by atoms with Crippen LogP contribution in [-0.4, -0.2) is 39.2 Å². The summed E-state index contributed by atoms with van der Waals surface area (Å²) >= 11 is 2.67. The summed E-state index contributed by atoms with van der Waals surface area (Å²) in [6, 6.07) is 9.48. The van der Waals surface area contributed by atoms with E-state index in [2.05, 4.69) is 11.4 Å². The summed E-state index contributed by atoms with van der Waals surface area (Å²) in [5.41, 5.74) is 2.60. The van der Waals surface area contributed by atoms with Crippen LogP contribution in [0.3, 0.4) is 0 Å². The fraction of sp³-hybridized carbons (Fsp3) is 0.316. The Morgan fingerprint density at radius 1 is 1.23 bits per heavy atom. The number of thiophene rings is 1. The van der Waals surface area contributed by atoms with Crippen molar-refractivity contribution in [3.63, 3.8) is 0 Å². The average Bonchev–Trinajstić information content (AvgIpc) is 3.39. The molecule has 3 amide bonds. The lowest BCUT2D eigenvalue weighted by Gasteiger charge is -2.24. The highest BCUT2D eigenvalue weighted by Crippen LogP contribution is 2.34. The quantitative estimate of drug-likeness (QED) is 0.799. The number of amides is 3. The van der Waals surface area contributed by atoms with Crippen LogP contribution in [0.2, 0.25) is 0 Å². The zero-order valence-electron chi connectivity index (χ0n) is 14.1. The molecule has 7 heteroatoms. The Labute approximate surface area is 160 Å². The molecule has 4 rings (SSSR count). The normalized spacial score (nSPS) is 20.2. The van der Waals surface area contributed by atoms with E-state index in [4.69, 9.17) is 0 Å². The number of carbonyl (C=O) groups is 3. The van der Waals surface area contributed by atoms with Gasteiger partial charge in [0.1, 0.15) is 0 Å². The molecule has 2 saturated heterocycles. The van der Waals surface area contributed by atoms with E-state index in [0.717, 1.165) is 36.7 Å². The molecule has 0 spiro atoms. The molecule has 1 atom stereocenters. The molecule has 5 nitrogen and oxygen atoms in total. The van der Waals surface area contributed by atoms with Gasteiger partial charge in [-0.15, -0.1) is 0 Å². The third-order valence-electron chi connectivity index (χ3n) is 4.80. The largest absolute Gasteiger partial charge is 0.332 e. The van der Waals surface area contributed by atoms with Crippen LogP contribution in [0.5, 0.6) is 0 Å². The summed E-state index contributed by atoms with van der Waals surface area (Å²) in [4.78, 5) is 39.8. The summed E-state index contributed by atoms with van der Waals surface area (Å²) in [5.74, 6) is 0.0379. The number of rotatable bonds is 4. The summed E-state index contributed by atoms with van der Waals surface area (Å²) in [7, 11) is 0. The minimum atomic E-state index is -0.219. The van der Waals surface area contributed by atoms with Crippen molar-refractivity contribution < 1.29 is 14.4 Å². The van der Waals surface area contributed by atoms with Gasteiger partial charge in [0.2, 0.25) is 5.91 Å². The first kappa shape index (κ1) is 17.3. The van der Waals surface area contributed by atoms with Gasteiger partial charge in [0.15, 0.2) is 0 Å². The number of thioether (sulfide) groups is 1. The lowest BCUT2D eigenvalue weighted by Crippen LogP contribution is -2.31. The van der Waals surface area contributed by atoms with Gasteiger partial charge >= 0.3 is 0 Å². The number of hydrogen-bond donors (Lipinski definition) is 0. The molecule has 0 unspecified atom stereocenters. The summed E-state index contributed by atoms with van der Waals surface area (Å²) < 4.78 is 0. The molecule has 0 aliphatic carbocycles. The second kappa shape index (κ2) is 7.25. The van der Waals surface area contributed by atoms with Gasteiger partial charge in [-0.2, -0.15) is 11.3 Å². The highest BCUT2D eigenvalue weighted by atomic mass is 32.2. The van der Waals surface area contributed by atoms with Crippen LogP contribution in [0.4, 0.5) is 4.79 Å². The van der Waals surface area contributed by atoms with Gasteiger partial charge in [-0.1, -0.05) is 23.9 Å². The van der Waals surface area contributed by atoms with Crippen LogP contribution in [0.15, 0.2) is 41.1 Å². The Morgan fingerprint density at radius 2 is 2.12 bits per heavy atom. The van der Waals surface area contributed by atoms with Crippen molar-refractivity contribution in [2.45, 2.75) is 25.4 Å². The van der Waals surface area contributed by atoms with E-state index >= 15 is 0 Å².